The molecule has 0 saturated heterocycles. The second kappa shape index (κ2) is 7.40. The van der Waals surface area contributed by atoms with Crippen molar-refractivity contribution in [2.75, 3.05) is 7.11 Å². The highest BCUT2D eigenvalue weighted by Gasteiger charge is 2.15. The maximum absolute atomic E-state index is 12.6. The summed E-state index contributed by atoms with van der Waals surface area (Å²) in [4.78, 5) is 25.0. The molecule has 0 aliphatic rings. The van der Waals surface area contributed by atoms with Crippen molar-refractivity contribution in [2.24, 2.45) is 0 Å². The van der Waals surface area contributed by atoms with Crippen LogP contribution < -0.4 is 14.9 Å². The highest BCUT2D eigenvalue weighted by Crippen LogP contribution is 2.26. The second-order valence-corrected chi connectivity index (χ2v) is 6.09. The third-order valence-corrected chi connectivity index (χ3v) is 4.29. The van der Waals surface area contributed by atoms with Gasteiger partial charge < -0.3 is 13.9 Å². The van der Waals surface area contributed by atoms with Gasteiger partial charge in [-0.25, -0.2) is 4.79 Å². The van der Waals surface area contributed by atoms with Crippen LogP contribution in [0, 0.1) is 0 Å². The number of ether oxygens (including phenoxy) is 2. The van der Waals surface area contributed by atoms with E-state index in [9.17, 15) is 9.59 Å². The van der Waals surface area contributed by atoms with Gasteiger partial charge in [-0.05, 0) is 30.3 Å². The van der Waals surface area contributed by atoms with E-state index in [1.165, 1.54) is 19.2 Å². The van der Waals surface area contributed by atoms with Crippen LogP contribution in [0.1, 0.15) is 10.4 Å². The van der Waals surface area contributed by atoms with Crippen molar-refractivity contribution in [2.45, 2.75) is 0 Å². The van der Waals surface area contributed by atoms with E-state index in [2.05, 4.69) is 0 Å². The fourth-order valence-electron chi connectivity index (χ4n) is 2.92. The highest BCUT2D eigenvalue weighted by atomic mass is 16.5. The molecule has 0 spiro atoms. The van der Waals surface area contributed by atoms with E-state index < -0.39 is 5.97 Å². The first-order valence-corrected chi connectivity index (χ1v) is 8.64. The first-order valence-electron chi connectivity index (χ1n) is 8.64. The summed E-state index contributed by atoms with van der Waals surface area (Å²) in [6, 6.07) is 22.3. The van der Waals surface area contributed by atoms with Crippen molar-refractivity contribution >= 4 is 16.9 Å². The van der Waals surface area contributed by atoms with Crippen molar-refractivity contribution in [3.05, 3.63) is 94.6 Å². The molecule has 0 radical (unpaired) electrons. The number of hydrogen-bond acceptors (Lipinski definition) is 5. The second-order valence-electron chi connectivity index (χ2n) is 6.09. The lowest BCUT2D eigenvalue weighted by Gasteiger charge is -2.09. The molecule has 4 rings (SSSR count). The predicted molar refractivity (Wildman–Crippen MR) is 106 cm³/mol. The van der Waals surface area contributed by atoms with Crippen LogP contribution in [0.5, 0.6) is 11.5 Å². The minimum absolute atomic E-state index is 0.213. The average Bonchev–Trinajstić information content (AvgIpc) is 2.74. The topological polar surface area (TPSA) is 65.7 Å². The Balaban J connectivity index is 1.68. The molecule has 0 fully saturated rings. The highest BCUT2D eigenvalue weighted by molar-refractivity contribution is 5.94. The molecular weight excluding hydrogens is 356 g/mol. The molecule has 5 heteroatoms. The van der Waals surface area contributed by atoms with Gasteiger partial charge in [0.1, 0.15) is 28.4 Å². The summed E-state index contributed by atoms with van der Waals surface area (Å²) in [5, 5.41) is 0.338. The molecule has 0 unspecified atom stereocenters. The predicted octanol–water partition coefficient (Wildman–Crippen LogP) is 4.69. The van der Waals surface area contributed by atoms with Crippen molar-refractivity contribution in [1.29, 1.82) is 0 Å². The number of methoxy groups -OCH3 is 1. The number of carbonyl (C=O) groups excluding carboxylic acids is 1. The smallest absolute Gasteiger partial charge is 0.347 e. The van der Waals surface area contributed by atoms with Crippen LogP contribution in [0.25, 0.3) is 22.3 Å². The number of esters is 1. The molecule has 1 heterocycles. The van der Waals surface area contributed by atoms with Gasteiger partial charge in [0.15, 0.2) is 5.43 Å². The largest absolute Gasteiger partial charge is 0.496 e. The molecule has 0 N–H and O–H groups in total. The van der Waals surface area contributed by atoms with Crippen LogP contribution in [0.15, 0.2) is 88.1 Å². The van der Waals surface area contributed by atoms with E-state index in [0.717, 1.165) is 5.56 Å². The van der Waals surface area contributed by atoms with Crippen LogP contribution in [0.3, 0.4) is 0 Å². The molecule has 3 aromatic carbocycles. The third kappa shape index (κ3) is 3.38. The Bertz CT molecular complexity index is 1210. The fourth-order valence-corrected chi connectivity index (χ4v) is 2.92. The summed E-state index contributed by atoms with van der Waals surface area (Å²) < 4.78 is 16.5. The zero-order valence-corrected chi connectivity index (χ0v) is 15.0. The lowest BCUT2D eigenvalue weighted by Crippen LogP contribution is -2.10. The van der Waals surface area contributed by atoms with Crippen molar-refractivity contribution in [3.63, 3.8) is 0 Å². The van der Waals surface area contributed by atoms with Crippen molar-refractivity contribution in [3.8, 4) is 22.8 Å². The zero-order valence-electron chi connectivity index (χ0n) is 15.0. The Morgan fingerprint density at radius 2 is 1.64 bits per heavy atom. The van der Waals surface area contributed by atoms with Gasteiger partial charge in [0.05, 0.1) is 12.5 Å². The molecule has 0 bridgehead atoms. The van der Waals surface area contributed by atoms with Crippen LogP contribution in [0.4, 0.5) is 0 Å². The van der Waals surface area contributed by atoms with E-state index in [0.29, 0.717) is 28.0 Å². The Labute approximate surface area is 160 Å². The van der Waals surface area contributed by atoms with Crippen molar-refractivity contribution < 1.29 is 18.7 Å². The molecule has 0 aliphatic heterocycles. The van der Waals surface area contributed by atoms with Gasteiger partial charge in [-0.2, -0.15) is 0 Å². The number of carbonyl (C=O) groups is 1. The molecule has 1 aromatic heterocycles. The number of hydrogen-bond donors (Lipinski definition) is 0. The summed E-state index contributed by atoms with van der Waals surface area (Å²) in [6.45, 7) is 0. The molecule has 0 saturated carbocycles. The number of para-hydroxylation sites is 1. The van der Waals surface area contributed by atoms with Gasteiger partial charge in [0, 0.05) is 11.6 Å². The first-order chi connectivity index (χ1) is 13.7. The van der Waals surface area contributed by atoms with E-state index in [1.54, 1.807) is 36.4 Å². The lowest BCUT2D eigenvalue weighted by atomic mass is 10.1. The van der Waals surface area contributed by atoms with Gasteiger partial charge in [0.2, 0.25) is 0 Å². The van der Waals surface area contributed by atoms with Gasteiger partial charge in [0.25, 0.3) is 0 Å². The summed E-state index contributed by atoms with van der Waals surface area (Å²) in [5.74, 6) is 0.586. The van der Waals surface area contributed by atoms with Gasteiger partial charge in [-0.3, -0.25) is 4.79 Å². The minimum atomic E-state index is -0.568. The minimum Gasteiger partial charge on any atom is -0.496 e. The first kappa shape index (κ1) is 17.5. The third-order valence-electron chi connectivity index (χ3n) is 4.29. The van der Waals surface area contributed by atoms with E-state index >= 15 is 0 Å². The van der Waals surface area contributed by atoms with E-state index in [4.69, 9.17) is 13.9 Å². The molecule has 0 amide bonds. The molecule has 0 aliphatic carbocycles. The normalized spacial score (nSPS) is 10.6. The summed E-state index contributed by atoms with van der Waals surface area (Å²) in [6.07, 6.45) is 0. The molecule has 0 atom stereocenters. The fraction of sp³-hybridized carbons (Fsp3) is 0.0435. The average molecular weight is 372 g/mol. The Morgan fingerprint density at radius 3 is 2.43 bits per heavy atom. The van der Waals surface area contributed by atoms with Gasteiger partial charge in [-0.15, -0.1) is 0 Å². The Kier molecular flexibility index (Phi) is 4.64. The quantitative estimate of drug-likeness (QED) is 0.384. The molecular formula is C23H16O5. The van der Waals surface area contributed by atoms with E-state index in [1.807, 2.05) is 30.3 Å². The Morgan fingerprint density at radius 1 is 0.893 bits per heavy atom. The molecule has 4 aromatic rings. The SMILES string of the molecule is COc1ccccc1C(=O)Oc1ccc2oc(-c3ccccc3)cc(=O)c2c1. The standard InChI is InChI=1S/C23H16O5/c1-26-20-10-6-5-9-17(20)23(25)27-16-11-12-21-18(13-16)19(24)14-22(28-21)15-7-3-2-4-8-15/h2-14H,1H3. The van der Waals surface area contributed by atoms with Crippen molar-refractivity contribution in [1.82, 2.24) is 0 Å². The van der Waals surface area contributed by atoms with Gasteiger partial charge in [-0.1, -0.05) is 42.5 Å². The van der Waals surface area contributed by atoms with Crippen LogP contribution in [-0.4, -0.2) is 13.1 Å². The van der Waals surface area contributed by atoms with Crippen LogP contribution in [0.2, 0.25) is 0 Å². The number of benzene rings is 3. The number of rotatable bonds is 4. The zero-order chi connectivity index (χ0) is 19.5. The summed E-state index contributed by atoms with van der Waals surface area (Å²) in [5.41, 5.74) is 1.32. The number of fused-ring (bicyclic) bond motifs is 1. The maximum atomic E-state index is 12.6. The van der Waals surface area contributed by atoms with Crippen LogP contribution >= 0.6 is 0 Å². The molecule has 138 valence electrons. The molecule has 28 heavy (non-hydrogen) atoms. The summed E-state index contributed by atoms with van der Waals surface area (Å²) in [7, 11) is 1.48. The lowest BCUT2D eigenvalue weighted by molar-refractivity contribution is 0.0731. The van der Waals surface area contributed by atoms with E-state index in [-0.39, 0.29) is 11.2 Å². The monoisotopic (exact) mass is 372 g/mol. The molecule has 5 nitrogen and oxygen atoms in total. The Hall–Kier alpha value is -3.86. The van der Waals surface area contributed by atoms with Gasteiger partial charge >= 0.3 is 5.97 Å². The van der Waals surface area contributed by atoms with Crippen LogP contribution in [-0.2, 0) is 0 Å². The maximum Gasteiger partial charge on any atom is 0.347 e. The summed E-state index contributed by atoms with van der Waals surface area (Å²) >= 11 is 0.